The third-order valence-electron chi connectivity index (χ3n) is 3.38. The molecule has 21 heavy (non-hydrogen) atoms. The zero-order chi connectivity index (χ0) is 15.1. The molecule has 0 amide bonds. The van der Waals surface area contributed by atoms with Crippen LogP contribution in [0.4, 0.5) is 4.39 Å². The van der Waals surface area contributed by atoms with E-state index < -0.39 is 5.97 Å². The number of hydrogen-bond acceptors (Lipinski definition) is 3. The second-order valence-electron chi connectivity index (χ2n) is 4.70. The molecule has 108 valence electrons. The lowest BCUT2D eigenvalue weighted by molar-refractivity contribution is 0.0688. The van der Waals surface area contributed by atoms with E-state index in [4.69, 9.17) is 0 Å². The maximum atomic E-state index is 13.1. The molecule has 0 radical (unpaired) electrons. The average Bonchev–Trinajstić information content (AvgIpc) is 2.93. The summed E-state index contributed by atoms with van der Waals surface area (Å²) in [7, 11) is 0. The number of fused-ring (bicyclic) bond motifs is 1. The van der Waals surface area contributed by atoms with E-state index in [-0.39, 0.29) is 11.5 Å². The Balaban J connectivity index is 2.36. The quantitative estimate of drug-likeness (QED) is 0.801. The molecule has 1 N–H and O–H groups in total. The van der Waals surface area contributed by atoms with Crippen molar-refractivity contribution >= 4 is 22.3 Å². The van der Waals surface area contributed by atoms with Crippen molar-refractivity contribution in [1.29, 1.82) is 0 Å². The molecular formula is C15H13FN2O2S. The molecule has 0 saturated heterocycles. The van der Waals surface area contributed by atoms with Crippen LogP contribution < -0.4 is 0 Å². The van der Waals surface area contributed by atoms with Gasteiger partial charge in [0, 0.05) is 4.88 Å². The van der Waals surface area contributed by atoms with E-state index in [1.165, 1.54) is 23.5 Å². The predicted octanol–water partition coefficient (Wildman–Crippen LogP) is 3.77. The topological polar surface area (TPSA) is 54.6 Å². The Bertz CT molecular complexity index is 834. The van der Waals surface area contributed by atoms with E-state index in [1.807, 2.05) is 13.8 Å². The highest BCUT2D eigenvalue weighted by Gasteiger charge is 2.23. The largest absolute Gasteiger partial charge is 0.477 e. The summed E-state index contributed by atoms with van der Waals surface area (Å²) in [5.74, 6) is -1.32. The minimum atomic E-state index is -1.000. The number of aromatic nitrogens is 2. The van der Waals surface area contributed by atoms with Gasteiger partial charge in [-0.05, 0) is 43.2 Å². The van der Waals surface area contributed by atoms with Crippen LogP contribution in [-0.2, 0) is 6.42 Å². The number of thiazole rings is 1. The van der Waals surface area contributed by atoms with Crippen LogP contribution in [-0.4, -0.2) is 20.5 Å². The molecule has 0 bridgehead atoms. The molecule has 0 aliphatic carbocycles. The lowest BCUT2D eigenvalue weighted by atomic mass is 10.1. The van der Waals surface area contributed by atoms with Crippen molar-refractivity contribution in [1.82, 2.24) is 9.38 Å². The highest BCUT2D eigenvalue weighted by Crippen LogP contribution is 2.33. The van der Waals surface area contributed by atoms with Gasteiger partial charge in [-0.3, -0.25) is 4.40 Å². The minimum absolute atomic E-state index is 0.191. The summed E-state index contributed by atoms with van der Waals surface area (Å²) in [5, 5.41) is 9.49. The third kappa shape index (κ3) is 2.12. The van der Waals surface area contributed by atoms with Gasteiger partial charge in [0.2, 0.25) is 0 Å². The average molecular weight is 304 g/mol. The summed E-state index contributed by atoms with van der Waals surface area (Å²) in [6.07, 6.45) is 0.554. The van der Waals surface area contributed by atoms with E-state index in [9.17, 15) is 14.3 Å². The van der Waals surface area contributed by atoms with Gasteiger partial charge in [-0.15, -0.1) is 11.3 Å². The number of benzene rings is 1. The predicted molar refractivity (Wildman–Crippen MR) is 79.5 cm³/mol. The van der Waals surface area contributed by atoms with Crippen molar-refractivity contribution < 1.29 is 14.3 Å². The van der Waals surface area contributed by atoms with E-state index in [2.05, 4.69) is 4.98 Å². The highest BCUT2D eigenvalue weighted by atomic mass is 32.1. The molecule has 3 rings (SSSR count). The maximum Gasteiger partial charge on any atom is 0.354 e. The van der Waals surface area contributed by atoms with Crippen molar-refractivity contribution in [3.8, 4) is 11.3 Å². The summed E-state index contributed by atoms with van der Waals surface area (Å²) < 4.78 is 14.8. The Kier molecular flexibility index (Phi) is 3.25. The molecule has 0 atom stereocenters. The second-order valence-corrected chi connectivity index (χ2v) is 5.88. The van der Waals surface area contributed by atoms with Gasteiger partial charge < -0.3 is 5.11 Å². The zero-order valence-corrected chi connectivity index (χ0v) is 12.4. The van der Waals surface area contributed by atoms with Gasteiger partial charge >= 0.3 is 5.97 Å². The standard InChI is InChI=1S/C15H13FN2O2S/c1-3-11-13(14(19)20)18-12(8(2)21-15(18)17-11)9-4-6-10(16)7-5-9/h4-7H,3H2,1-2H3,(H,19,20). The minimum Gasteiger partial charge on any atom is -0.477 e. The molecular weight excluding hydrogens is 291 g/mol. The molecule has 1 aromatic carbocycles. The molecule has 2 aromatic heterocycles. The van der Waals surface area contributed by atoms with Gasteiger partial charge in [-0.1, -0.05) is 6.92 Å². The van der Waals surface area contributed by atoms with E-state index in [0.717, 1.165) is 16.1 Å². The number of carbonyl (C=O) groups is 1. The number of imidazole rings is 1. The molecule has 0 aliphatic heterocycles. The maximum absolute atomic E-state index is 13.1. The molecule has 6 heteroatoms. The number of rotatable bonds is 3. The number of halogens is 1. The number of aryl methyl sites for hydroxylation is 2. The first-order valence-electron chi connectivity index (χ1n) is 6.53. The van der Waals surface area contributed by atoms with Crippen molar-refractivity contribution in [2.24, 2.45) is 0 Å². The van der Waals surface area contributed by atoms with Gasteiger partial charge in [0.05, 0.1) is 11.4 Å². The Labute approximate surface area is 124 Å². The van der Waals surface area contributed by atoms with Crippen LogP contribution >= 0.6 is 11.3 Å². The monoisotopic (exact) mass is 304 g/mol. The van der Waals surface area contributed by atoms with Crippen molar-refractivity contribution in [3.63, 3.8) is 0 Å². The summed E-state index contributed by atoms with van der Waals surface area (Å²) >= 11 is 1.44. The van der Waals surface area contributed by atoms with Crippen molar-refractivity contribution in [2.75, 3.05) is 0 Å². The summed E-state index contributed by atoms with van der Waals surface area (Å²) in [5.41, 5.74) is 2.30. The van der Waals surface area contributed by atoms with Gasteiger partial charge in [0.1, 0.15) is 5.82 Å². The van der Waals surface area contributed by atoms with Crippen LogP contribution in [0.1, 0.15) is 28.0 Å². The normalized spacial score (nSPS) is 11.2. The molecule has 0 fully saturated rings. The van der Waals surface area contributed by atoms with Crippen LogP contribution in [0.25, 0.3) is 16.2 Å². The van der Waals surface area contributed by atoms with E-state index in [0.29, 0.717) is 17.1 Å². The lowest BCUT2D eigenvalue weighted by Crippen LogP contribution is -2.06. The Morgan fingerprint density at radius 2 is 2.05 bits per heavy atom. The molecule has 3 aromatic rings. The summed E-state index contributed by atoms with van der Waals surface area (Å²) in [6.45, 7) is 3.79. The Hall–Kier alpha value is -2.21. The first-order chi connectivity index (χ1) is 10.0. The SMILES string of the molecule is CCc1nc2sc(C)c(-c3ccc(F)cc3)n2c1C(=O)O. The number of nitrogens with zero attached hydrogens (tertiary/aromatic N) is 2. The smallest absolute Gasteiger partial charge is 0.354 e. The van der Waals surface area contributed by atoms with Crippen LogP contribution in [0, 0.1) is 12.7 Å². The molecule has 0 unspecified atom stereocenters. The Morgan fingerprint density at radius 3 is 2.62 bits per heavy atom. The van der Waals surface area contributed by atoms with Gasteiger partial charge in [0.25, 0.3) is 0 Å². The second kappa shape index (κ2) is 4.96. The fourth-order valence-corrected chi connectivity index (χ4v) is 3.48. The van der Waals surface area contributed by atoms with Crippen molar-refractivity contribution in [3.05, 3.63) is 46.3 Å². The number of carboxylic acids is 1. The molecule has 2 heterocycles. The number of aromatic carboxylic acids is 1. The first-order valence-corrected chi connectivity index (χ1v) is 7.34. The Morgan fingerprint density at radius 1 is 1.38 bits per heavy atom. The molecule has 0 aliphatic rings. The van der Waals surface area contributed by atoms with E-state index >= 15 is 0 Å². The van der Waals surface area contributed by atoms with Crippen LogP contribution in [0.5, 0.6) is 0 Å². The van der Waals surface area contributed by atoms with Crippen LogP contribution in [0.2, 0.25) is 0 Å². The number of carboxylic acid groups (broad SMARTS) is 1. The van der Waals surface area contributed by atoms with Gasteiger partial charge in [-0.2, -0.15) is 0 Å². The molecule has 0 saturated carbocycles. The molecule has 0 spiro atoms. The molecule has 4 nitrogen and oxygen atoms in total. The van der Waals surface area contributed by atoms with E-state index in [1.54, 1.807) is 16.5 Å². The van der Waals surface area contributed by atoms with Crippen LogP contribution in [0.15, 0.2) is 24.3 Å². The zero-order valence-electron chi connectivity index (χ0n) is 11.6. The van der Waals surface area contributed by atoms with Crippen molar-refractivity contribution in [2.45, 2.75) is 20.3 Å². The first kappa shape index (κ1) is 13.8. The van der Waals surface area contributed by atoms with Gasteiger partial charge in [-0.25, -0.2) is 14.2 Å². The summed E-state index contributed by atoms with van der Waals surface area (Å²) in [6, 6.07) is 6.05. The number of hydrogen-bond donors (Lipinski definition) is 1. The summed E-state index contributed by atoms with van der Waals surface area (Å²) in [4.78, 5) is 17.6. The fraction of sp³-hybridized carbons (Fsp3) is 0.200. The van der Waals surface area contributed by atoms with Crippen LogP contribution in [0.3, 0.4) is 0 Å². The fourth-order valence-electron chi connectivity index (χ4n) is 2.47. The van der Waals surface area contributed by atoms with Gasteiger partial charge in [0.15, 0.2) is 10.7 Å². The third-order valence-corrected chi connectivity index (χ3v) is 4.33. The highest BCUT2D eigenvalue weighted by molar-refractivity contribution is 7.17. The lowest BCUT2D eigenvalue weighted by Gasteiger charge is -2.05.